The number of carboxylic acids is 1. The van der Waals surface area contributed by atoms with Crippen molar-refractivity contribution in [3.8, 4) is 0 Å². The lowest BCUT2D eigenvalue weighted by molar-refractivity contribution is -0.156. The summed E-state index contributed by atoms with van der Waals surface area (Å²) in [5, 5.41) is 9.81. The molecule has 0 aromatic heterocycles. The van der Waals surface area contributed by atoms with Crippen molar-refractivity contribution in [3.05, 3.63) is 0 Å². The number of rotatable bonds is 3. The molecule has 110 valence electrons. The zero-order valence-corrected chi connectivity index (χ0v) is 12.2. The van der Waals surface area contributed by atoms with Gasteiger partial charge in [0.1, 0.15) is 5.54 Å². The van der Waals surface area contributed by atoms with E-state index in [1.54, 1.807) is 0 Å². The Labute approximate surface area is 116 Å². The van der Waals surface area contributed by atoms with Gasteiger partial charge in [0.25, 0.3) is 0 Å². The summed E-state index contributed by atoms with van der Waals surface area (Å²) in [4.78, 5) is 14.1. The minimum absolute atomic E-state index is 0.626. The maximum absolute atomic E-state index is 11.9. The highest BCUT2D eigenvalue weighted by Gasteiger charge is 2.45. The second-order valence-corrected chi connectivity index (χ2v) is 6.37. The Morgan fingerprint density at radius 2 is 1.95 bits per heavy atom. The van der Waals surface area contributed by atoms with E-state index in [1.165, 1.54) is 6.42 Å². The summed E-state index contributed by atoms with van der Waals surface area (Å²) in [5.74, 6) is 0.718. The van der Waals surface area contributed by atoms with Gasteiger partial charge in [0, 0.05) is 13.1 Å². The molecule has 0 radical (unpaired) electrons. The number of morpholine rings is 1. The van der Waals surface area contributed by atoms with Crippen LogP contribution in [0, 0.1) is 11.8 Å². The van der Waals surface area contributed by atoms with E-state index in [9.17, 15) is 9.90 Å². The summed E-state index contributed by atoms with van der Waals surface area (Å²) < 4.78 is 5.37. The Morgan fingerprint density at radius 3 is 2.53 bits per heavy atom. The van der Waals surface area contributed by atoms with Crippen LogP contribution in [0.15, 0.2) is 0 Å². The Balaban J connectivity index is 2.12. The van der Waals surface area contributed by atoms with Gasteiger partial charge in [-0.2, -0.15) is 0 Å². The molecule has 1 N–H and O–H groups in total. The van der Waals surface area contributed by atoms with Gasteiger partial charge in [0.2, 0.25) is 0 Å². The van der Waals surface area contributed by atoms with Crippen LogP contribution in [0.5, 0.6) is 0 Å². The van der Waals surface area contributed by atoms with Crippen LogP contribution in [0.25, 0.3) is 0 Å². The Hall–Kier alpha value is -0.610. The predicted octanol–water partition coefficient (Wildman–Crippen LogP) is 2.38. The highest BCUT2D eigenvalue weighted by Crippen LogP contribution is 2.38. The van der Waals surface area contributed by atoms with Crippen molar-refractivity contribution in [2.45, 2.75) is 51.5 Å². The third kappa shape index (κ3) is 3.11. The van der Waals surface area contributed by atoms with Crippen molar-refractivity contribution in [2.75, 3.05) is 26.3 Å². The van der Waals surface area contributed by atoms with Crippen LogP contribution in [-0.2, 0) is 9.53 Å². The molecular formula is C15H27NO3. The smallest absolute Gasteiger partial charge is 0.324 e. The number of hydrogen-bond donors (Lipinski definition) is 1. The third-order valence-electron chi connectivity index (χ3n) is 5.05. The van der Waals surface area contributed by atoms with Crippen LogP contribution in [0.3, 0.4) is 0 Å². The molecule has 1 saturated heterocycles. The van der Waals surface area contributed by atoms with E-state index in [-0.39, 0.29) is 0 Å². The Kier molecular flexibility index (Phi) is 4.85. The minimum atomic E-state index is -0.632. The average Bonchev–Trinajstić information content (AvgIpc) is 2.63. The molecule has 1 saturated carbocycles. The normalized spacial score (nSPS) is 34.2. The average molecular weight is 269 g/mol. The zero-order chi connectivity index (χ0) is 13.9. The number of carboxylic acid groups (broad SMARTS) is 1. The van der Waals surface area contributed by atoms with Gasteiger partial charge in [0.05, 0.1) is 13.2 Å². The monoisotopic (exact) mass is 269 g/mol. The summed E-state index contributed by atoms with van der Waals surface area (Å²) in [6, 6.07) is 0. The van der Waals surface area contributed by atoms with Gasteiger partial charge in [-0.1, -0.05) is 26.7 Å². The van der Waals surface area contributed by atoms with E-state index in [0.29, 0.717) is 25.0 Å². The van der Waals surface area contributed by atoms with Crippen molar-refractivity contribution in [1.29, 1.82) is 0 Å². The lowest BCUT2D eigenvalue weighted by atomic mass is 9.85. The number of aliphatic carboxylic acids is 1. The molecule has 19 heavy (non-hydrogen) atoms. The second-order valence-electron chi connectivity index (χ2n) is 6.37. The zero-order valence-electron chi connectivity index (χ0n) is 12.2. The number of nitrogens with zero attached hydrogens (tertiary/aromatic N) is 1. The van der Waals surface area contributed by atoms with E-state index in [0.717, 1.165) is 38.8 Å². The Morgan fingerprint density at radius 1 is 1.26 bits per heavy atom. The van der Waals surface area contributed by atoms with Gasteiger partial charge in [0.15, 0.2) is 0 Å². The highest BCUT2D eigenvalue weighted by atomic mass is 16.5. The quantitative estimate of drug-likeness (QED) is 0.799. The number of ether oxygens (including phenoxy) is 1. The molecule has 4 heteroatoms. The fourth-order valence-electron chi connectivity index (χ4n) is 3.67. The molecule has 2 unspecified atom stereocenters. The third-order valence-corrected chi connectivity index (χ3v) is 5.05. The molecular weight excluding hydrogens is 242 g/mol. The molecule has 1 aliphatic heterocycles. The van der Waals surface area contributed by atoms with Gasteiger partial charge in [-0.15, -0.1) is 0 Å². The Bertz CT molecular complexity index is 313. The molecule has 2 atom stereocenters. The van der Waals surface area contributed by atoms with Crippen LogP contribution in [0.1, 0.15) is 46.0 Å². The number of carbonyl (C=O) groups is 1. The summed E-state index contributed by atoms with van der Waals surface area (Å²) in [6.45, 7) is 7.38. The van der Waals surface area contributed by atoms with Crippen molar-refractivity contribution >= 4 is 5.97 Å². The highest BCUT2D eigenvalue weighted by molar-refractivity contribution is 5.78. The van der Waals surface area contributed by atoms with E-state index < -0.39 is 11.5 Å². The molecule has 0 bridgehead atoms. The van der Waals surface area contributed by atoms with Crippen LogP contribution in [0.2, 0.25) is 0 Å². The first-order valence-electron chi connectivity index (χ1n) is 7.62. The van der Waals surface area contributed by atoms with Gasteiger partial charge < -0.3 is 9.84 Å². The largest absolute Gasteiger partial charge is 0.480 e. The van der Waals surface area contributed by atoms with Gasteiger partial charge in [-0.25, -0.2) is 0 Å². The van der Waals surface area contributed by atoms with Crippen molar-refractivity contribution in [1.82, 2.24) is 4.90 Å². The van der Waals surface area contributed by atoms with Gasteiger partial charge >= 0.3 is 5.97 Å². The predicted molar refractivity (Wildman–Crippen MR) is 74.2 cm³/mol. The van der Waals surface area contributed by atoms with Gasteiger partial charge in [-0.05, 0) is 31.1 Å². The van der Waals surface area contributed by atoms with E-state index in [4.69, 9.17) is 4.74 Å². The maximum atomic E-state index is 11.9. The molecule has 2 rings (SSSR count). The second kappa shape index (κ2) is 6.23. The van der Waals surface area contributed by atoms with Crippen molar-refractivity contribution < 1.29 is 14.6 Å². The maximum Gasteiger partial charge on any atom is 0.324 e. The van der Waals surface area contributed by atoms with E-state index in [1.807, 2.05) is 0 Å². The fourth-order valence-corrected chi connectivity index (χ4v) is 3.67. The SMILES string of the molecule is CC(C)C1CCCC(C(=O)O)(N2CCOCC2)CC1. The number of hydrogen-bond acceptors (Lipinski definition) is 3. The lowest BCUT2D eigenvalue weighted by Gasteiger charge is -2.42. The van der Waals surface area contributed by atoms with Gasteiger partial charge in [-0.3, -0.25) is 9.69 Å². The van der Waals surface area contributed by atoms with Crippen molar-refractivity contribution in [3.63, 3.8) is 0 Å². The molecule has 0 aromatic carbocycles. The summed E-state index contributed by atoms with van der Waals surface area (Å²) >= 11 is 0. The standard InChI is InChI=1S/C15H27NO3/c1-12(2)13-4-3-6-15(7-5-13,14(17)18)16-8-10-19-11-9-16/h12-13H,3-11H2,1-2H3,(H,17,18). The van der Waals surface area contributed by atoms with E-state index in [2.05, 4.69) is 18.7 Å². The first kappa shape index (κ1) is 14.8. The fraction of sp³-hybridized carbons (Fsp3) is 0.933. The summed E-state index contributed by atoms with van der Waals surface area (Å²) in [7, 11) is 0. The first-order chi connectivity index (χ1) is 9.06. The molecule has 1 heterocycles. The molecule has 0 spiro atoms. The van der Waals surface area contributed by atoms with Crippen LogP contribution < -0.4 is 0 Å². The van der Waals surface area contributed by atoms with Crippen molar-refractivity contribution in [2.24, 2.45) is 11.8 Å². The molecule has 0 amide bonds. The lowest BCUT2D eigenvalue weighted by Crippen LogP contribution is -2.58. The molecule has 2 aliphatic rings. The minimum Gasteiger partial charge on any atom is -0.480 e. The van der Waals surface area contributed by atoms with Crippen LogP contribution in [0.4, 0.5) is 0 Å². The summed E-state index contributed by atoms with van der Waals surface area (Å²) in [6.07, 6.45) is 4.85. The topological polar surface area (TPSA) is 49.8 Å². The first-order valence-corrected chi connectivity index (χ1v) is 7.62. The van der Waals surface area contributed by atoms with Crippen LogP contribution in [-0.4, -0.2) is 47.8 Å². The molecule has 2 fully saturated rings. The molecule has 4 nitrogen and oxygen atoms in total. The molecule has 1 aliphatic carbocycles. The summed E-state index contributed by atoms with van der Waals surface area (Å²) in [5.41, 5.74) is -0.632. The van der Waals surface area contributed by atoms with Crippen LogP contribution >= 0.6 is 0 Å². The molecule has 0 aromatic rings. The van der Waals surface area contributed by atoms with E-state index >= 15 is 0 Å².